The molecule has 1 aliphatic heterocycles. The molecule has 0 N–H and O–H groups in total. The summed E-state index contributed by atoms with van der Waals surface area (Å²) in [6.45, 7) is 5.21. The molecule has 1 saturated carbocycles. The third kappa shape index (κ3) is 3.18. The van der Waals surface area contributed by atoms with Crippen LogP contribution in [0.25, 0.3) is 16.8 Å². The Labute approximate surface area is 168 Å². The number of ether oxygens (including phenoxy) is 1. The number of carbonyl (C=O) groups excluding carboxylic acids is 1. The molecular formula is C21H24N6O2. The molecule has 0 bridgehead atoms. The van der Waals surface area contributed by atoms with Crippen LogP contribution in [-0.2, 0) is 11.8 Å². The molecule has 3 aromatic rings. The first-order valence-corrected chi connectivity index (χ1v) is 9.97. The Morgan fingerprint density at radius 3 is 3.03 bits per heavy atom. The quantitative estimate of drug-likeness (QED) is 0.638. The average molecular weight is 392 g/mol. The maximum atomic E-state index is 12.0. The van der Waals surface area contributed by atoms with Crippen LogP contribution in [0.4, 0.5) is 0 Å². The molecule has 1 amide bonds. The van der Waals surface area contributed by atoms with Gasteiger partial charge in [-0.3, -0.25) is 9.48 Å². The van der Waals surface area contributed by atoms with Gasteiger partial charge in [0.2, 0.25) is 11.8 Å². The Bertz CT molecular complexity index is 1090. The molecule has 2 atom stereocenters. The van der Waals surface area contributed by atoms with Crippen molar-refractivity contribution in [3.05, 3.63) is 43.5 Å². The van der Waals surface area contributed by atoms with Crippen LogP contribution in [0.3, 0.4) is 0 Å². The van der Waals surface area contributed by atoms with E-state index in [-0.39, 0.29) is 17.4 Å². The van der Waals surface area contributed by atoms with E-state index in [2.05, 4.69) is 16.8 Å². The molecule has 2 aliphatic rings. The average Bonchev–Trinajstić information content (AvgIpc) is 3.50. The third-order valence-electron chi connectivity index (χ3n) is 6.22. The number of nitrogens with zero attached hydrogens (tertiary/aromatic N) is 6. The zero-order valence-corrected chi connectivity index (χ0v) is 16.5. The highest BCUT2D eigenvalue weighted by Gasteiger charge is 2.46. The Morgan fingerprint density at radius 2 is 2.24 bits per heavy atom. The van der Waals surface area contributed by atoms with E-state index in [4.69, 9.17) is 9.72 Å². The fourth-order valence-corrected chi connectivity index (χ4v) is 4.71. The monoisotopic (exact) mass is 392 g/mol. The normalized spacial score (nSPS) is 23.9. The zero-order valence-electron chi connectivity index (χ0n) is 16.5. The van der Waals surface area contributed by atoms with Crippen molar-refractivity contribution < 1.29 is 9.53 Å². The number of hydrogen-bond acceptors (Lipinski definition) is 5. The highest BCUT2D eigenvalue weighted by Crippen LogP contribution is 2.46. The fourth-order valence-electron chi connectivity index (χ4n) is 4.71. The van der Waals surface area contributed by atoms with Gasteiger partial charge in [-0.15, -0.1) is 0 Å². The molecular weight excluding hydrogens is 368 g/mol. The van der Waals surface area contributed by atoms with Gasteiger partial charge in [0, 0.05) is 31.9 Å². The number of rotatable bonds is 4. The number of aryl methyl sites for hydroxylation is 1. The van der Waals surface area contributed by atoms with E-state index in [0.717, 1.165) is 55.5 Å². The molecule has 0 radical (unpaired) electrons. The van der Waals surface area contributed by atoms with Crippen LogP contribution in [0.5, 0.6) is 5.88 Å². The molecule has 1 aliphatic carbocycles. The van der Waals surface area contributed by atoms with E-state index in [1.165, 1.54) is 6.08 Å². The second kappa shape index (κ2) is 6.72. The van der Waals surface area contributed by atoms with E-state index in [0.29, 0.717) is 5.88 Å². The van der Waals surface area contributed by atoms with Gasteiger partial charge < -0.3 is 9.64 Å². The number of carbonyl (C=O) groups is 1. The van der Waals surface area contributed by atoms with Crippen molar-refractivity contribution in [3.63, 3.8) is 0 Å². The number of hydrogen-bond donors (Lipinski definition) is 0. The van der Waals surface area contributed by atoms with Crippen LogP contribution in [-0.4, -0.2) is 54.4 Å². The Kier molecular flexibility index (Phi) is 4.15. The van der Waals surface area contributed by atoms with Gasteiger partial charge in [0.05, 0.1) is 24.3 Å². The van der Waals surface area contributed by atoms with Gasteiger partial charge in [0.25, 0.3) is 0 Å². The predicted octanol–water partition coefficient (Wildman–Crippen LogP) is 2.47. The first-order valence-electron chi connectivity index (χ1n) is 9.97. The minimum absolute atomic E-state index is 0.0260. The van der Waals surface area contributed by atoms with Gasteiger partial charge in [0.15, 0.2) is 0 Å². The summed E-state index contributed by atoms with van der Waals surface area (Å²) in [5.74, 6) is 0.626. The van der Waals surface area contributed by atoms with Gasteiger partial charge >= 0.3 is 0 Å². The second-order valence-electron chi connectivity index (χ2n) is 8.19. The lowest BCUT2D eigenvalue weighted by molar-refractivity contribution is -0.125. The minimum atomic E-state index is 0.0260. The molecule has 8 heteroatoms. The first-order chi connectivity index (χ1) is 14.0. The van der Waals surface area contributed by atoms with E-state index in [1.54, 1.807) is 21.6 Å². The highest BCUT2D eigenvalue weighted by molar-refractivity contribution is 5.87. The van der Waals surface area contributed by atoms with Crippen LogP contribution in [0.2, 0.25) is 0 Å². The van der Waals surface area contributed by atoms with Crippen LogP contribution < -0.4 is 4.74 Å². The predicted molar refractivity (Wildman–Crippen MR) is 107 cm³/mol. The molecule has 3 aromatic heterocycles. The summed E-state index contributed by atoms with van der Waals surface area (Å²) in [6, 6.07) is 1.92. The SMILES string of the molecule is C=CC(=O)N1CC[C@]2(CC[C@@H](Oc3nc(-c4cnn(C)c4)cn4nccc34)C2)C1. The molecule has 1 spiro atoms. The van der Waals surface area contributed by atoms with Gasteiger partial charge in [-0.25, -0.2) is 9.50 Å². The summed E-state index contributed by atoms with van der Waals surface area (Å²) in [5.41, 5.74) is 2.71. The number of aromatic nitrogens is 5. The molecule has 150 valence electrons. The summed E-state index contributed by atoms with van der Waals surface area (Å²) in [4.78, 5) is 18.7. The van der Waals surface area contributed by atoms with Crippen molar-refractivity contribution in [2.75, 3.05) is 13.1 Å². The first kappa shape index (κ1) is 17.9. The van der Waals surface area contributed by atoms with Crippen molar-refractivity contribution in [2.24, 2.45) is 12.5 Å². The van der Waals surface area contributed by atoms with Gasteiger partial charge in [0.1, 0.15) is 11.6 Å². The maximum Gasteiger partial charge on any atom is 0.245 e. The smallest absolute Gasteiger partial charge is 0.245 e. The molecule has 1 saturated heterocycles. The van der Waals surface area contributed by atoms with Gasteiger partial charge in [-0.1, -0.05) is 6.58 Å². The zero-order chi connectivity index (χ0) is 20.0. The summed E-state index contributed by atoms with van der Waals surface area (Å²) in [6.07, 6.45) is 12.9. The van der Waals surface area contributed by atoms with Crippen LogP contribution in [0, 0.1) is 5.41 Å². The van der Waals surface area contributed by atoms with Crippen molar-refractivity contribution in [1.82, 2.24) is 29.3 Å². The van der Waals surface area contributed by atoms with Crippen molar-refractivity contribution in [1.29, 1.82) is 0 Å². The summed E-state index contributed by atoms with van der Waals surface area (Å²) >= 11 is 0. The number of amides is 1. The topological polar surface area (TPSA) is 77.6 Å². The van der Waals surface area contributed by atoms with E-state index < -0.39 is 0 Å². The van der Waals surface area contributed by atoms with Crippen LogP contribution in [0.1, 0.15) is 25.7 Å². The summed E-state index contributed by atoms with van der Waals surface area (Å²) in [5, 5.41) is 8.61. The Morgan fingerprint density at radius 1 is 1.34 bits per heavy atom. The molecule has 2 fully saturated rings. The molecule has 0 unspecified atom stereocenters. The lowest BCUT2D eigenvalue weighted by atomic mass is 9.85. The van der Waals surface area contributed by atoms with Crippen LogP contribution in [0.15, 0.2) is 43.5 Å². The van der Waals surface area contributed by atoms with Gasteiger partial charge in [-0.05, 0) is 43.2 Å². The molecule has 29 heavy (non-hydrogen) atoms. The molecule has 4 heterocycles. The van der Waals surface area contributed by atoms with Gasteiger partial charge in [-0.2, -0.15) is 10.2 Å². The van der Waals surface area contributed by atoms with E-state index in [1.807, 2.05) is 30.4 Å². The largest absolute Gasteiger partial charge is 0.473 e. The minimum Gasteiger partial charge on any atom is -0.473 e. The molecule has 8 nitrogen and oxygen atoms in total. The van der Waals surface area contributed by atoms with Crippen molar-refractivity contribution in [3.8, 4) is 17.1 Å². The Hall–Kier alpha value is -3.16. The highest BCUT2D eigenvalue weighted by atomic mass is 16.5. The van der Waals surface area contributed by atoms with E-state index in [9.17, 15) is 4.79 Å². The lowest BCUT2D eigenvalue weighted by Crippen LogP contribution is -2.30. The molecule has 5 rings (SSSR count). The maximum absolute atomic E-state index is 12.0. The summed E-state index contributed by atoms with van der Waals surface area (Å²) < 4.78 is 9.95. The van der Waals surface area contributed by atoms with Crippen molar-refractivity contribution >= 4 is 11.4 Å². The lowest BCUT2D eigenvalue weighted by Gasteiger charge is -2.23. The number of likely N-dealkylation sites (tertiary alicyclic amines) is 1. The van der Waals surface area contributed by atoms with Crippen LogP contribution >= 0.6 is 0 Å². The standard InChI is InChI=1S/C21H24N6O2/c1-3-19(28)26-9-7-21(14-26)6-4-16(10-21)29-20-18-5-8-22-27(18)13-17(24-20)15-11-23-25(2)12-15/h3,5,8,11-13,16H,1,4,6-7,9-10,14H2,2H3/t16-,21+/m1/s1. The number of fused-ring (bicyclic) bond motifs is 1. The van der Waals surface area contributed by atoms with Crippen molar-refractivity contribution in [2.45, 2.75) is 31.8 Å². The molecule has 0 aromatic carbocycles. The van der Waals surface area contributed by atoms with E-state index >= 15 is 0 Å². The third-order valence-corrected chi connectivity index (χ3v) is 6.22. The second-order valence-corrected chi connectivity index (χ2v) is 8.19. The fraction of sp³-hybridized carbons (Fsp3) is 0.429. The Balaban J connectivity index is 1.38. The summed E-state index contributed by atoms with van der Waals surface area (Å²) in [7, 11) is 1.88.